The highest BCUT2D eigenvalue weighted by Gasteiger charge is 2.27. The van der Waals surface area contributed by atoms with Crippen LogP contribution in [-0.2, 0) is 17.8 Å². The first-order chi connectivity index (χ1) is 13.6. The lowest BCUT2D eigenvalue weighted by Crippen LogP contribution is -2.43. The quantitative estimate of drug-likeness (QED) is 0.659. The minimum Gasteiger partial charge on any atom is -0.338 e. The summed E-state index contributed by atoms with van der Waals surface area (Å²) in [5, 5.41) is 4.27. The van der Waals surface area contributed by atoms with Gasteiger partial charge in [-0.1, -0.05) is 31.0 Å². The number of pyridine rings is 1. The lowest BCUT2D eigenvalue weighted by molar-refractivity contribution is -0.134. The van der Waals surface area contributed by atoms with E-state index in [9.17, 15) is 14.0 Å². The summed E-state index contributed by atoms with van der Waals surface area (Å²) in [6, 6.07) is 11.9. The molecule has 7 heteroatoms. The van der Waals surface area contributed by atoms with E-state index in [0.717, 1.165) is 31.2 Å². The maximum Gasteiger partial charge on any atom is 0.350 e. The third-order valence-corrected chi connectivity index (χ3v) is 5.41. The highest BCUT2D eigenvalue weighted by atomic mass is 19.1. The van der Waals surface area contributed by atoms with Crippen LogP contribution >= 0.6 is 0 Å². The normalized spacial score (nSPS) is 14.6. The first-order valence-electron chi connectivity index (χ1n) is 9.70. The smallest absolute Gasteiger partial charge is 0.338 e. The Morgan fingerprint density at radius 1 is 1.14 bits per heavy atom. The molecule has 0 atom stereocenters. The molecule has 1 saturated carbocycles. The van der Waals surface area contributed by atoms with Crippen LogP contribution in [0.1, 0.15) is 31.2 Å². The number of fused-ring (bicyclic) bond motifs is 1. The van der Waals surface area contributed by atoms with Gasteiger partial charge in [0.15, 0.2) is 5.65 Å². The molecule has 1 fully saturated rings. The molecule has 6 nitrogen and oxygen atoms in total. The van der Waals surface area contributed by atoms with E-state index in [4.69, 9.17) is 0 Å². The Balaban J connectivity index is 1.51. The summed E-state index contributed by atoms with van der Waals surface area (Å²) in [6.07, 6.45) is 6.49. The second kappa shape index (κ2) is 7.96. The molecule has 1 aromatic carbocycles. The molecular weight excluding hydrogens is 359 g/mol. The lowest BCUT2D eigenvalue weighted by Gasteiger charge is -2.29. The molecule has 0 bridgehead atoms. The van der Waals surface area contributed by atoms with Crippen molar-refractivity contribution >= 4 is 11.6 Å². The monoisotopic (exact) mass is 382 g/mol. The van der Waals surface area contributed by atoms with Crippen LogP contribution < -0.4 is 5.69 Å². The van der Waals surface area contributed by atoms with Gasteiger partial charge in [-0.25, -0.2) is 13.9 Å². The largest absolute Gasteiger partial charge is 0.350 e. The molecule has 0 radical (unpaired) electrons. The van der Waals surface area contributed by atoms with Gasteiger partial charge in [-0.05, 0) is 49.1 Å². The van der Waals surface area contributed by atoms with Gasteiger partial charge in [0, 0.05) is 18.8 Å². The van der Waals surface area contributed by atoms with Crippen molar-refractivity contribution in [1.82, 2.24) is 19.1 Å². The van der Waals surface area contributed by atoms with Gasteiger partial charge in [-0.2, -0.15) is 0 Å². The van der Waals surface area contributed by atoms with Crippen molar-refractivity contribution in [2.45, 2.75) is 44.7 Å². The maximum atomic E-state index is 13.1. The summed E-state index contributed by atoms with van der Waals surface area (Å²) in [4.78, 5) is 27.4. The van der Waals surface area contributed by atoms with E-state index < -0.39 is 0 Å². The van der Waals surface area contributed by atoms with Crippen molar-refractivity contribution in [2.24, 2.45) is 0 Å². The van der Waals surface area contributed by atoms with Gasteiger partial charge < -0.3 is 4.90 Å². The lowest BCUT2D eigenvalue weighted by atomic mass is 10.1. The summed E-state index contributed by atoms with van der Waals surface area (Å²) >= 11 is 0. The van der Waals surface area contributed by atoms with E-state index >= 15 is 0 Å². The summed E-state index contributed by atoms with van der Waals surface area (Å²) in [5.41, 5.74) is 1.20. The van der Waals surface area contributed by atoms with Crippen LogP contribution in [0.5, 0.6) is 0 Å². The number of rotatable bonds is 6. The molecule has 28 heavy (non-hydrogen) atoms. The Morgan fingerprint density at radius 2 is 1.89 bits per heavy atom. The number of halogens is 1. The van der Waals surface area contributed by atoms with Gasteiger partial charge in [0.2, 0.25) is 5.91 Å². The Labute approximate surface area is 162 Å². The van der Waals surface area contributed by atoms with Gasteiger partial charge >= 0.3 is 5.69 Å². The molecule has 0 unspecified atom stereocenters. The number of hydrogen-bond donors (Lipinski definition) is 0. The van der Waals surface area contributed by atoms with Crippen molar-refractivity contribution < 1.29 is 9.18 Å². The minimum atomic E-state index is -0.311. The fraction of sp³-hybridized carbons (Fsp3) is 0.381. The highest BCUT2D eigenvalue weighted by Crippen LogP contribution is 2.24. The van der Waals surface area contributed by atoms with Crippen LogP contribution in [0, 0.1) is 5.82 Å². The van der Waals surface area contributed by atoms with E-state index in [2.05, 4.69) is 5.10 Å². The first kappa shape index (κ1) is 18.4. The summed E-state index contributed by atoms with van der Waals surface area (Å²) in [7, 11) is 0. The zero-order valence-electron chi connectivity index (χ0n) is 15.6. The van der Waals surface area contributed by atoms with Crippen LogP contribution in [-0.4, -0.2) is 37.6 Å². The van der Waals surface area contributed by atoms with Gasteiger partial charge in [0.05, 0.1) is 0 Å². The number of hydrogen-bond acceptors (Lipinski definition) is 3. The van der Waals surface area contributed by atoms with Crippen LogP contribution in [0.25, 0.3) is 5.65 Å². The maximum absolute atomic E-state index is 13.1. The van der Waals surface area contributed by atoms with Crippen molar-refractivity contribution in [1.29, 1.82) is 0 Å². The fourth-order valence-corrected chi connectivity index (χ4v) is 3.92. The predicted octanol–water partition coefficient (Wildman–Crippen LogP) is 2.65. The molecule has 0 saturated heterocycles. The van der Waals surface area contributed by atoms with Crippen LogP contribution in [0.15, 0.2) is 53.5 Å². The molecule has 3 aromatic rings. The molecule has 1 aliphatic carbocycles. The molecule has 2 heterocycles. The van der Waals surface area contributed by atoms with Crippen molar-refractivity contribution in [3.8, 4) is 0 Å². The van der Waals surface area contributed by atoms with Crippen LogP contribution in [0.3, 0.4) is 0 Å². The standard InChI is InChI=1S/C21H23FN4O2/c22-17-10-8-16(9-11-17)12-14-24(18-5-1-2-6-18)20(27)15-26-21(28)25-13-4-3-7-19(25)23-26/h3-4,7-11,13,18H,1-2,5-6,12,14-15H2. The zero-order chi connectivity index (χ0) is 19.5. The molecule has 1 amide bonds. The molecule has 4 rings (SSSR count). The second-order valence-corrected chi connectivity index (χ2v) is 7.27. The molecule has 2 aromatic heterocycles. The molecule has 1 aliphatic rings. The third-order valence-electron chi connectivity index (χ3n) is 5.41. The van der Waals surface area contributed by atoms with Crippen LogP contribution in [0.2, 0.25) is 0 Å². The Hall–Kier alpha value is -2.96. The molecule has 0 spiro atoms. The van der Waals surface area contributed by atoms with Crippen LogP contribution in [0.4, 0.5) is 4.39 Å². The molecule has 0 aliphatic heterocycles. The van der Waals surface area contributed by atoms with Crippen molar-refractivity contribution in [2.75, 3.05) is 6.54 Å². The number of amides is 1. The SMILES string of the molecule is O=C(Cn1nc2ccccn2c1=O)N(CCc1ccc(F)cc1)C1CCCC1. The first-order valence-corrected chi connectivity index (χ1v) is 9.70. The van der Waals surface area contributed by atoms with E-state index in [1.165, 1.54) is 21.2 Å². The number of carbonyl (C=O) groups is 1. The topological polar surface area (TPSA) is 59.6 Å². The average Bonchev–Trinajstić information content (AvgIpc) is 3.33. The fourth-order valence-electron chi connectivity index (χ4n) is 3.92. The van der Waals surface area contributed by atoms with E-state index in [1.54, 1.807) is 30.5 Å². The van der Waals surface area contributed by atoms with Gasteiger partial charge in [-0.3, -0.25) is 9.20 Å². The predicted molar refractivity (Wildman–Crippen MR) is 104 cm³/mol. The van der Waals surface area contributed by atoms with Crippen molar-refractivity contribution in [3.63, 3.8) is 0 Å². The number of aromatic nitrogens is 3. The van der Waals surface area contributed by atoms with E-state index in [1.807, 2.05) is 11.0 Å². The van der Waals surface area contributed by atoms with E-state index in [-0.39, 0.29) is 30.0 Å². The average molecular weight is 382 g/mol. The number of carbonyl (C=O) groups excluding carboxylic acids is 1. The minimum absolute atomic E-state index is 0.0690. The van der Waals surface area contributed by atoms with E-state index in [0.29, 0.717) is 18.6 Å². The zero-order valence-corrected chi connectivity index (χ0v) is 15.6. The number of benzene rings is 1. The molecular formula is C21H23FN4O2. The van der Waals surface area contributed by atoms with Crippen molar-refractivity contribution in [3.05, 3.63) is 70.5 Å². The second-order valence-electron chi connectivity index (χ2n) is 7.27. The molecule has 0 N–H and O–H groups in total. The Morgan fingerprint density at radius 3 is 2.61 bits per heavy atom. The van der Waals surface area contributed by atoms with Gasteiger partial charge in [0.1, 0.15) is 12.4 Å². The summed E-state index contributed by atoms with van der Waals surface area (Å²) < 4.78 is 15.8. The summed E-state index contributed by atoms with van der Waals surface area (Å²) in [5.74, 6) is -0.363. The summed E-state index contributed by atoms with van der Waals surface area (Å²) in [6.45, 7) is 0.484. The highest BCUT2D eigenvalue weighted by molar-refractivity contribution is 5.76. The van der Waals surface area contributed by atoms with Gasteiger partial charge in [0.25, 0.3) is 0 Å². The molecule has 146 valence electrons. The Kier molecular flexibility index (Phi) is 5.23. The Bertz CT molecular complexity index is 1020. The van der Waals surface area contributed by atoms with Gasteiger partial charge in [-0.15, -0.1) is 5.10 Å². The number of nitrogens with zero attached hydrogens (tertiary/aromatic N) is 4. The third kappa shape index (κ3) is 3.83.